The second-order valence-electron chi connectivity index (χ2n) is 2.03. The van der Waals surface area contributed by atoms with Gasteiger partial charge in [0, 0.05) is 20.3 Å². The first-order chi connectivity index (χ1) is 4.31. The first-order valence-corrected chi connectivity index (χ1v) is 3.16. The van der Waals surface area contributed by atoms with E-state index >= 15 is 0 Å². The third-order valence-corrected chi connectivity index (χ3v) is 1.17. The van der Waals surface area contributed by atoms with Crippen LogP contribution in [0.2, 0.25) is 0 Å². The van der Waals surface area contributed by atoms with E-state index in [9.17, 15) is 0 Å². The van der Waals surface area contributed by atoms with Gasteiger partial charge in [-0.05, 0) is 13.3 Å². The highest BCUT2D eigenvalue weighted by molar-refractivity contribution is 4.98. The van der Waals surface area contributed by atoms with Gasteiger partial charge >= 0.3 is 0 Å². The molecule has 2 nitrogen and oxygen atoms in total. The summed E-state index contributed by atoms with van der Waals surface area (Å²) in [5.41, 5.74) is 6.59. The zero-order valence-electron chi connectivity index (χ0n) is 6.18. The quantitative estimate of drug-likeness (QED) is 0.573. The summed E-state index contributed by atoms with van der Waals surface area (Å²) in [5.74, 6) is 0. The Kier molecular flexibility index (Phi) is 5.57. The molecular weight excluding hydrogens is 114 g/mol. The summed E-state index contributed by atoms with van der Waals surface area (Å²) in [6.45, 7) is 3.49. The molecule has 0 aromatic heterocycles. The Labute approximate surface area is 56.7 Å². The van der Waals surface area contributed by atoms with Crippen LogP contribution in [0.5, 0.6) is 0 Å². The molecule has 0 atom stereocenters. The maximum atomic E-state index is 5.28. The van der Waals surface area contributed by atoms with E-state index in [-0.39, 0.29) is 0 Å². The predicted octanol–water partition coefficient (Wildman–Crippen LogP) is 0.928. The number of rotatable bonds is 4. The largest absolute Gasteiger partial charge is 0.384 e. The molecular formula is C7H15NO. The molecule has 0 spiro atoms. The highest BCUT2D eigenvalue weighted by Gasteiger charge is 1.85. The zero-order valence-corrected chi connectivity index (χ0v) is 6.18. The minimum atomic E-state index is 0.634. The van der Waals surface area contributed by atoms with Crippen LogP contribution in [0, 0.1) is 0 Å². The lowest BCUT2D eigenvalue weighted by molar-refractivity contribution is 0.202. The van der Waals surface area contributed by atoms with Crippen LogP contribution < -0.4 is 5.73 Å². The monoisotopic (exact) mass is 129 g/mol. The van der Waals surface area contributed by atoms with Crippen molar-refractivity contribution in [1.29, 1.82) is 0 Å². The van der Waals surface area contributed by atoms with Gasteiger partial charge in [-0.25, -0.2) is 0 Å². The summed E-state index contributed by atoms with van der Waals surface area (Å²) in [6.07, 6.45) is 3.01. The lowest BCUT2D eigenvalue weighted by Crippen LogP contribution is -1.96. The zero-order chi connectivity index (χ0) is 7.11. The van der Waals surface area contributed by atoms with Crippen LogP contribution in [-0.4, -0.2) is 20.3 Å². The summed E-state index contributed by atoms with van der Waals surface area (Å²) >= 11 is 0. The lowest BCUT2D eigenvalue weighted by Gasteiger charge is -1.97. The molecule has 0 heterocycles. The third kappa shape index (κ3) is 5.53. The van der Waals surface area contributed by atoms with Crippen LogP contribution in [0.25, 0.3) is 0 Å². The van der Waals surface area contributed by atoms with Crippen LogP contribution >= 0.6 is 0 Å². The molecule has 0 saturated carbocycles. The summed E-state index contributed by atoms with van der Waals surface area (Å²) in [5, 5.41) is 0. The summed E-state index contributed by atoms with van der Waals surface area (Å²) in [6, 6.07) is 0. The van der Waals surface area contributed by atoms with E-state index in [1.165, 1.54) is 5.57 Å². The Bertz CT molecular complexity index is 88.9. The topological polar surface area (TPSA) is 35.2 Å². The second-order valence-corrected chi connectivity index (χ2v) is 2.03. The number of ether oxygens (including phenoxy) is 1. The van der Waals surface area contributed by atoms with Gasteiger partial charge in [-0.2, -0.15) is 0 Å². The van der Waals surface area contributed by atoms with E-state index in [0.29, 0.717) is 6.54 Å². The Morgan fingerprint density at radius 3 is 2.78 bits per heavy atom. The maximum absolute atomic E-state index is 5.28. The third-order valence-electron chi connectivity index (χ3n) is 1.17. The van der Waals surface area contributed by atoms with Gasteiger partial charge in [0.1, 0.15) is 0 Å². The molecule has 0 aliphatic carbocycles. The molecule has 2 heteroatoms. The minimum absolute atomic E-state index is 0.634. The van der Waals surface area contributed by atoms with E-state index in [1.54, 1.807) is 7.11 Å². The van der Waals surface area contributed by atoms with E-state index in [1.807, 2.05) is 6.08 Å². The average molecular weight is 129 g/mol. The van der Waals surface area contributed by atoms with Crippen molar-refractivity contribution in [2.75, 3.05) is 20.3 Å². The molecule has 54 valence electrons. The van der Waals surface area contributed by atoms with Crippen molar-refractivity contribution >= 4 is 0 Å². The van der Waals surface area contributed by atoms with Crippen molar-refractivity contribution in [2.45, 2.75) is 13.3 Å². The molecule has 0 aliphatic heterocycles. The summed E-state index contributed by atoms with van der Waals surface area (Å²) < 4.78 is 4.88. The fourth-order valence-corrected chi connectivity index (χ4v) is 0.566. The second kappa shape index (κ2) is 5.79. The molecule has 0 rings (SSSR count). The average Bonchev–Trinajstić information content (AvgIpc) is 1.85. The van der Waals surface area contributed by atoms with Crippen molar-refractivity contribution in [3.8, 4) is 0 Å². The van der Waals surface area contributed by atoms with Crippen LogP contribution in [0.3, 0.4) is 0 Å². The Morgan fingerprint density at radius 2 is 2.33 bits per heavy atom. The smallest absolute Gasteiger partial charge is 0.0499 e. The molecule has 0 amide bonds. The highest BCUT2D eigenvalue weighted by atomic mass is 16.5. The maximum Gasteiger partial charge on any atom is 0.0499 e. The molecule has 0 saturated heterocycles. The van der Waals surface area contributed by atoms with Gasteiger partial charge in [0.25, 0.3) is 0 Å². The Balaban J connectivity index is 3.25. The molecule has 9 heavy (non-hydrogen) atoms. The van der Waals surface area contributed by atoms with Gasteiger partial charge in [-0.1, -0.05) is 11.6 Å². The summed E-state index contributed by atoms with van der Waals surface area (Å²) in [7, 11) is 1.70. The summed E-state index contributed by atoms with van der Waals surface area (Å²) in [4.78, 5) is 0. The minimum Gasteiger partial charge on any atom is -0.384 e. The standard InChI is InChI=1S/C7H15NO/c1-7(3-5-8)4-6-9-2/h3H,4-6,8H2,1-2H3. The van der Waals surface area contributed by atoms with Gasteiger partial charge < -0.3 is 10.5 Å². The van der Waals surface area contributed by atoms with Crippen molar-refractivity contribution in [3.63, 3.8) is 0 Å². The first kappa shape index (κ1) is 8.66. The van der Waals surface area contributed by atoms with E-state index in [2.05, 4.69) is 6.92 Å². The SMILES string of the molecule is COCCC(C)=CCN. The molecule has 0 radical (unpaired) electrons. The fourth-order valence-electron chi connectivity index (χ4n) is 0.566. The van der Waals surface area contributed by atoms with Crippen molar-refractivity contribution in [2.24, 2.45) is 5.73 Å². The molecule has 0 aromatic rings. The van der Waals surface area contributed by atoms with Crippen LogP contribution in [0.1, 0.15) is 13.3 Å². The normalized spacial score (nSPS) is 12.1. The number of hydrogen-bond acceptors (Lipinski definition) is 2. The van der Waals surface area contributed by atoms with Gasteiger partial charge in [0.05, 0.1) is 0 Å². The van der Waals surface area contributed by atoms with E-state index in [0.717, 1.165) is 13.0 Å². The lowest BCUT2D eigenvalue weighted by atomic mass is 10.2. The molecule has 0 bridgehead atoms. The van der Waals surface area contributed by atoms with E-state index in [4.69, 9.17) is 10.5 Å². The van der Waals surface area contributed by atoms with Crippen LogP contribution in [0.15, 0.2) is 11.6 Å². The Morgan fingerprint density at radius 1 is 1.67 bits per heavy atom. The van der Waals surface area contributed by atoms with E-state index < -0.39 is 0 Å². The molecule has 2 N–H and O–H groups in total. The molecule has 0 fully saturated rings. The molecule has 0 aliphatic rings. The van der Waals surface area contributed by atoms with Crippen molar-refractivity contribution in [1.82, 2.24) is 0 Å². The van der Waals surface area contributed by atoms with Gasteiger partial charge in [-0.3, -0.25) is 0 Å². The van der Waals surface area contributed by atoms with Gasteiger partial charge in [-0.15, -0.1) is 0 Å². The predicted molar refractivity (Wildman–Crippen MR) is 39.3 cm³/mol. The molecule has 0 unspecified atom stereocenters. The van der Waals surface area contributed by atoms with Crippen LogP contribution in [-0.2, 0) is 4.74 Å². The van der Waals surface area contributed by atoms with Crippen LogP contribution in [0.4, 0.5) is 0 Å². The fraction of sp³-hybridized carbons (Fsp3) is 0.714. The van der Waals surface area contributed by atoms with Crippen molar-refractivity contribution in [3.05, 3.63) is 11.6 Å². The van der Waals surface area contributed by atoms with Gasteiger partial charge in [0.15, 0.2) is 0 Å². The number of nitrogens with two attached hydrogens (primary N) is 1. The molecule has 0 aromatic carbocycles. The first-order valence-electron chi connectivity index (χ1n) is 3.16. The number of methoxy groups -OCH3 is 1. The van der Waals surface area contributed by atoms with Crippen molar-refractivity contribution < 1.29 is 4.74 Å². The van der Waals surface area contributed by atoms with Gasteiger partial charge in [0.2, 0.25) is 0 Å². The highest BCUT2D eigenvalue weighted by Crippen LogP contribution is 1.97. The number of hydrogen-bond donors (Lipinski definition) is 1. The Hall–Kier alpha value is -0.340.